The second kappa shape index (κ2) is 3.74. The van der Waals surface area contributed by atoms with Crippen molar-refractivity contribution in [2.45, 2.75) is 32.9 Å². The fourth-order valence-electron chi connectivity index (χ4n) is 0.868. The molecule has 74 valence electrons. The minimum Gasteiger partial charge on any atom is -0.381 e. The van der Waals surface area contributed by atoms with Crippen LogP contribution < -0.4 is 5.73 Å². The Bertz CT molecular complexity index is 263. The van der Waals surface area contributed by atoms with E-state index in [9.17, 15) is 0 Å². The number of hydrogen-bond donors (Lipinski definition) is 1. The number of nitrogens with zero attached hydrogens (tertiary/aromatic N) is 3. The average Bonchev–Trinajstić information content (AvgIpc) is 2.33. The van der Waals surface area contributed by atoms with E-state index in [2.05, 4.69) is 10.3 Å². The molecule has 0 unspecified atom stereocenters. The predicted molar refractivity (Wildman–Crippen MR) is 50.1 cm³/mol. The molecule has 13 heavy (non-hydrogen) atoms. The Labute approximate surface area is 77.9 Å². The maximum atomic E-state index is 5.51. The van der Waals surface area contributed by atoms with Crippen molar-refractivity contribution >= 4 is 5.82 Å². The number of hydrogen-bond acceptors (Lipinski definition) is 4. The Morgan fingerprint density at radius 1 is 1.54 bits per heavy atom. The van der Waals surface area contributed by atoms with E-state index >= 15 is 0 Å². The molecule has 1 rings (SSSR count). The first-order chi connectivity index (χ1) is 5.97. The molecule has 2 N–H and O–H groups in total. The van der Waals surface area contributed by atoms with Gasteiger partial charge in [0.2, 0.25) is 0 Å². The summed E-state index contributed by atoms with van der Waals surface area (Å²) in [6.45, 7) is 7.35. The molecule has 0 bridgehead atoms. The molecule has 0 amide bonds. The first-order valence-electron chi connectivity index (χ1n) is 4.27. The van der Waals surface area contributed by atoms with E-state index in [1.165, 1.54) is 0 Å². The largest absolute Gasteiger partial charge is 0.381 e. The highest BCUT2D eigenvalue weighted by molar-refractivity contribution is 5.19. The van der Waals surface area contributed by atoms with Crippen LogP contribution in [-0.4, -0.2) is 27.2 Å². The minimum absolute atomic E-state index is 0.105. The van der Waals surface area contributed by atoms with Crippen molar-refractivity contribution in [3.05, 3.63) is 6.20 Å². The van der Waals surface area contributed by atoms with E-state index in [1.54, 1.807) is 10.9 Å². The van der Waals surface area contributed by atoms with Crippen LogP contribution in [0.25, 0.3) is 0 Å². The molecule has 0 aliphatic heterocycles. The van der Waals surface area contributed by atoms with Gasteiger partial charge in [0.25, 0.3) is 0 Å². The molecule has 1 heterocycles. The summed E-state index contributed by atoms with van der Waals surface area (Å²) in [6.07, 6.45) is 1.69. The Morgan fingerprint density at radius 2 is 2.23 bits per heavy atom. The van der Waals surface area contributed by atoms with Crippen LogP contribution in [0.1, 0.15) is 20.8 Å². The van der Waals surface area contributed by atoms with Gasteiger partial charge in [-0.1, -0.05) is 5.21 Å². The van der Waals surface area contributed by atoms with E-state index < -0.39 is 0 Å². The van der Waals surface area contributed by atoms with Gasteiger partial charge in [0.1, 0.15) is 0 Å². The van der Waals surface area contributed by atoms with Gasteiger partial charge in [-0.25, -0.2) is 4.68 Å². The second-order valence-electron chi connectivity index (χ2n) is 3.87. The summed E-state index contributed by atoms with van der Waals surface area (Å²) in [5.41, 5.74) is 5.30. The van der Waals surface area contributed by atoms with Gasteiger partial charge in [0.05, 0.1) is 24.9 Å². The van der Waals surface area contributed by atoms with E-state index in [4.69, 9.17) is 10.5 Å². The molecule has 0 aromatic carbocycles. The van der Waals surface area contributed by atoms with Gasteiger partial charge in [-0.05, 0) is 20.8 Å². The molecule has 0 saturated carbocycles. The molecule has 1 aromatic rings. The van der Waals surface area contributed by atoms with E-state index in [-0.39, 0.29) is 5.60 Å². The highest BCUT2D eigenvalue weighted by atomic mass is 16.5. The summed E-state index contributed by atoms with van der Waals surface area (Å²) < 4.78 is 7.18. The molecule has 5 nitrogen and oxygen atoms in total. The second-order valence-corrected chi connectivity index (χ2v) is 3.87. The lowest BCUT2D eigenvalue weighted by Gasteiger charge is -2.19. The van der Waals surface area contributed by atoms with Crippen LogP contribution in [0, 0.1) is 0 Å². The Morgan fingerprint density at radius 3 is 2.69 bits per heavy atom. The van der Waals surface area contributed by atoms with Crippen LogP contribution in [0.5, 0.6) is 0 Å². The molecule has 1 aromatic heterocycles. The zero-order chi connectivity index (χ0) is 9.90. The fraction of sp³-hybridized carbons (Fsp3) is 0.750. The molecule has 0 aliphatic rings. The number of aromatic nitrogens is 3. The lowest BCUT2D eigenvalue weighted by atomic mass is 10.2. The standard InChI is InChI=1S/C8H16N4O/c1-8(2,3)13-5-4-12-6-7(9)10-11-12/h6H,4-5,9H2,1-3H3. The Hall–Kier alpha value is -1.10. The quantitative estimate of drug-likeness (QED) is 0.750. The molecular formula is C8H16N4O. The van der Waals surface area contributed by atoms with Gasteiger partial charge < -0.3 is 10.5 Å². The third kappa shape index (κ3) is 3.89. The highest BCUT2D eigenvalue weighted by Crippen LogP contribution is 2.06. The number of rotatable bonds is 3. The summed E-state index contributed by atoms with van der Waals surface area (Å²) in [5.74, 6) is 0.441. The topological polar surface area (TPSA) is 66.0 Å². The molecule has 0 aliphatic carbocycles. The van der Waals surface area contributed by atoms with Crippen LogP contribution >= 0.6 is 0 Å². The number of anilines is 1. The van der Waals surface area contributed by atoms with E-state index in [1.807, 2.05) is 20.8 Å². The minimum atomic E-state index is -0.105. The normalized spacial score (nSPS) is 11.9. The van der Waals surface area contributed by atoms with Crippen LogP contribution in [0.15, 0.2) is 6.20 Å². The van der Waals surface area contributed by atoms with Crippen LogP contribution in [-0.2, 0) is 11.3 Å². The van der Waals surface area contributed by atoms with Gasteiger partial charge in [-0.15, -0.1) is 5.10 Å². The zero-order valence-corrected chi connectivity index (χ0v) is 8.32. The van der Waals surface area contributed by atoms with Gasteiger partial charge in [-0.2, -0.15) is 0 Å². The maximum absolute atomic E-state index is 5.51. The number of nitrogens with two attached hydrogens (primary N) is 1. The molecule has 0 radical (unpaired) electrons. The van der Waals surface area contributed by atoms with Crippen molar-refractivity contribution in [1.82, 2.24) is 15.0 Å². The van der Waals surface area contributed by atoms with Crippen LogP contribution in [0.4, 0.5) is 5.82 Å². The molecule has 0 fully saturated rings. The Balaban J connectivity index is 2.28. The van der Waals surface area contributed by atoms with Crippen LogP contribution in [0.3, 0.4) is 0 Å². The Kier molecular flexibility index (Phi) is 2.87. The molecule has 5 heteroatoms. The first kappa shape index (κ1) is 9.98. The predicted octanol–water partition coefficient (Wildman–Crippen LogP) is 0.675. The van der Waals surface area contributed by atoms with Crippen molar-refractivity contribution < 1.29 is 4.74 Å². The van der Waals surface area contributed by atoms with E-state index in [0.717, 1.165) is 0 Å². The summed E-state index contributed by atoms with van der Waals surface area (Å²) in [6, 6.07) is 0. The fourth-order valence-corrected chi connectivity index (χ4v) is 0.868. The van der Waals surface area contributed by atoms with Gasteiger partial charge in [-0.3, -0.25) is 0 Å². The van der Waals surface area contributed by atoms with Crippen molar-refractivity contribution in [2.75, 3.05) is 12.3 Å². The van der Waals surface area contributed by atoms with Crippen molar-refractivity contribution in [1.29, 1.82) is 0 Å². The SMILES string of the molecule is CC(C)(C)OCCn1cc(N)nn1. The maximum Gasteiger partial charge on any atom is 0.165 e. The summed E-state index contributed by atoms with van der Waals surface area (Å²) in [7, 11) is 0. The monoisotopic (exact) mass is 184 g/mol. The number of nitrogen functional groups attached to an aromatic ring is 1. The average molecular weight is 184 g/mol. The summed E-state index contributed by atoms with van der Waals surface area (Å²) in [5, 5.41) is 7.46. The zero-order valence-electron chi connectivity index (χ0n) is 8.32. The lowest BCUT2D eigenvalue weighted by molar-refractivity contribution is -0.00805. The summed E-state index contributed by atoms with van der Waals surface area (Å²) in [4.78, 5) is 0. The molecule has 0 saturated heterocycles. The molecule has 0 atom stereocenters. The molecular weight excluding hydrogens is 168 g/mol. The third-order valence-corrected chi connectivity index (χ3v) is 1.41. The van der Waals surface area contributed by atoms with Gasteiger partial charge in [0, 0.05) is 0 Å². The van der Waals surface area contributed by atoms with Crippen molar-refractivity contribution in [3.63, 3.8) is 0 Å². The lowest BCUT2D eigenvalue weighted by Crippen LogP contribution is -2.22. The first-order valence-corrected chi connectivity index (χ1v) is 4.27. The van der Waals surface area contributed by atoms with Crippen LogP contribution in [0.2, 0.25) is 0 Å². The van der Waals surface area contributed by atoms with Gasteiger partial charge >= 0.3 is 0 Å². The third-order valence-electron chi connectivity index (χ3n) is 1.41. The van der Waals surface area contributed by atoms with E-state index in [0.29, 0.717) is 19.0 Å². The van der Waals surface area contributed by atoms with Crippen molar-refractivity contribution in [3.8, 4) is 0 Å². The van der Waals surface area contributed by atoms with Gasteiger partial charge in [0.15, 0.2) is 5.82 Å². The van der Waals surface area contributed by atoms with Crippen molar-refractivity contribution in [2.24, 2.45) is 0 Å². The highest BCUT2D eigenvalue weighted by Gasteiger charge is 2.09. The molecule has 0 spiro atoms. The smallest absolute Gasteiger partial charge is 0.165 e. The summed E-state index contributed by atoms with van der Waals surface area (Å²) >= 11 is 0. The number of ether oxygens (including phenoxy) is 1.